The lowest BCUT2D eigenvalue weighted by Crippen LogP contribution is -2.33. The molecule has 0 saturated heterocycles. The first-order chi connectivity index (χ1) is 18.4. The Morgan fingerprint density at radius 3 is 2.05 bits per heavy atom. The molecule has 0 unspecified atom stereocenters. The molecule has 0 atom stereocenters. The van der Waals surface area contributed by atoms with Gasteiger partial charge in [-0.3, -0.25) is 18.7 Å². The SMILES string of the molecule is C#C/C(C)=C\C.C=NC(=C)N.CC.CC.CF.Cc1cc(C#N)cc(Nc2c(C(C)C)c(=O)[nH]c(=O)n2C)c1. The molecule has 0 radical (unpaired) electrons. The minimum atomic E-state index is -0.481. The molecule has 0 aliphatic heterocycles. The van der Waals surface area contributed by atoms with Crippen LogP contribution in [0.2, 0.25) is 0 Å². The summed E-state index contributed by atoms with van der Waals surface area (Å²) in [7, 11) is 2.09. The van der Waals surface area contributed by atoms with Crippen molar-refractivity contribution in [3.05, 3.63) is 79.8 Å². The second kappa shape index (κ2) is 25.3. The van der Waals surface area contributed by atoms with Crippen molar-refractivity contribution in [1.29, 1.82) is 5.26 Å². The van der Waals surface area contributed by atoms with Crippen LogP contribution in [0, 0.1) is 30.6 Å². The predicted octanol–water partition coefficient (Wildman–Crippen LogP) is 6.46. The van der Waals surface area contributed by atoms with E-state index in [1.54, 1.807) is 19.2 Å². The number of hydrogen-bond acceptors (Lipinski definition) is 6. The van der Waals surface area contributed by atoms with Crippen LogP contribution in [-0.2, 0) is 7.05 Å². The summed E-state index contributed by atoms with van der Waals surface area (Å²) in [5.41, 5.74) is 7.59. The molecule has 1 aromatic heterocycles. The minimum absolute atomic E-state index is 0.0571. The number of aromatic nitrogens is 2. The Bertz CT molecular complexity index is 1230. The number of anilines is 2. The molecule has 1 aromatic carbocycles. The molecule has 0 aliphatic carbocycles. The molecule has 9 heteroatoms. The highest BCUT2D eigenvalue weighted by atomic mass is 19.1. The van der Waals surface area contributed by atoms with E-state index in [9.17, 15) is 14.0 Å². The molecule has 0 saturated carbocycles. The van der Waals surface area contributed by atoms with Crippen LogP contribution in [0.4, 0.5) is 15.9 Å². The van der Waals surface area contributed by atoms with Gasteiger partial charge in [0.2, 0.25) is 0 Å². The fraction of sp³-hybridized carbons (Fsp3) is 0.400. The number of nitriles is 1. The van der Waals surface area contributed by atoms with Crippen LogP contribution in [0.25, 0.3) is 0 Å². The molecule has 0 aliphatic rings. The summed E-state index contributed by atoms with van der Waals surface area (Å²) in [5.74, 6) is 3.13. The van der Waals surface area contributed by atoms with Crippen molar-refractivity contribution in [2.24, 2.45) is 17.8 Å². The molecule has 0 amide bonds. The first-order valence-corrected chi connectivity index (χ1v) is 12.4. The second-order valence-corrected chi connectivity index (χ2v) is 7.33. The van der Waals surface area contributed by atoms with Gasteiger partial charge in [0.15, 0.2) is 0 Å². The number of halogens is 1. The Balaban J connectivity index is -0.000000298. The Kier molecular flexibility index (Phi) is 27.1. The summed E-state index contributed by atoms with van der Waals surface area (Å²) in [4.78, 5) is 29.4. The molecular formula is C30H47FN6O2. The van der Waals surface area contributed by atoms with Crippen LogP contribution < -0.4 is 22.3 Å². The van der Waals surface area contributed by atoms with E-state index in [1.807, 2.05) is 74.5 Å². The molecule has 216 valence electrons. The zero-order chi connectivity index (χ0) is 31.7. The van der Waals surface area contributed by atoms with Crippen LogP contribution >= 0.6 is 0 Å². The van der Waals surface area contributed by atoms with Gasteiger partial charge in [-0.15, -0.1) is 6.42 Å². The van der Waals surface area contributed by atoms with Crippen molar-refractivity contribution in [3.8, 4) is 18.4 Å². The van der Waals surface area contributed by atoms with Crippen molar-refractivity contribution < 1.29 is 4.39 Å². The third kappa shape index (κ3) is 17.7. The molecular weight excluding hydrogens is 495 g/mol. The number of hydrogen-bond donors (Lipinski definition) is 3. The quantitative estimate of drug-likeness (QED) is 0.301. The lowest BCUT2D eigenvalue weighted by atomic mass is 10.1. The number of alkyl halides is 1. The number of nitrogens with two attached hydrogens (primary N) is 1. The van der Waals surface area contributed by atoms with Gasteiger partial charge in [-0.2, -0.15) is 5.26 Å². The maximum absolute atomic E-state index is 12.1. The van der Waals surface area contributed by atoms with Crippen molar-refractivity contribution in [2.45, 2.75) is 68.2 Å². The minimum Gasteiger partial charge on any atom is -0.384 e. The lowest BCUT2D eigenvalue weighted by molar-refractivity contribution is 0.636. The molecule has 2 rings (SSSR count). The lowest BCUT2D eigenvalue weighted by Gasteiger charge is -2.17. The van der Waals surface area contributed by atoms with Crippen LogP contribution in [0.1, 0.15) is 78.0 Å². The van der Waals surface area contributed by atoms with E-state index in [0.29, 0.717) is 29.8 Å². The molecule has 0 bridgehead atoms. The van der Waals surface area contributed by atoms with Gasteiger partial charge >= 0.3 is 5.69 Å². The predicted molar refractivity (Wildman–Crippen MR) is 166 cm³/mol. The number of aliphatic imine (C=N–C) groups is 1. The van der Waals surface area contributed by atoms with Gasteiger partial charge in [-0.05, 0) is 62.7 Å². The Hall–Kier alpha value is -4.37. The molecule has 39 heavy (non-hydrogen) atoms. The third-order valence-electron chi connectivity index (χ3n) is 4.27. The van der Waals surface area contributed by atoms with Gasteiger partial charge in [0.05, 0.1) is 24.4 Å². The zero-order valence-electron chi connectivity index (χ0n) is 25.5. The maximum Gasteiger partial charge on any atom is 0.329 e. The van der Waals surface area contributed by atoms with Crippen LogP contribution in [-0.4, -0.2) is 23.4 Å². The first-order valence-electron chi connectivity index (χ1n) is 12.4. The maximum atomic E-state index is 12.1. The molecule has 0 spiro atoms. The van der Waals surface area contributed by atoms with E-state index >= 15 is 0 Å². The molecule has 4 N–H and O–H groups in total. The van der Waals surface area contributed by atoms with Crippen LogP contribution in [0.3, 0.4) is 0 Å². The van der Waals surface area contributed by atoms with E-state index < -0.39 is 11.2 Å². The largest absolute Gasteiger partial charge is 0.384 e. The summed E-state index contributed by atoms with van der Waals surface area (Å²) in [6.07, 6.45) is 6.87. The Labute approximate surface area is 234 Å². The highest BCUT2D eigenvalue weighted by Crippen LogP contribution is 2.24. The zero-order valence-corrected chi connectivity index (χ0v) is 25.5. The number of benzene rings is 1. The van der Waals surface area contributed by atoms with Gasteiger partial charge < -0.3 is 11.1 Å². The first kappa shape index (κ1) is 41.7. The summed E-state index contributed by atoms with van der Waals surface area (Å²) in [5, 5.41) is 12.2. The van der Waals surface area contributed by atoms with E-state index in [1.165, 1.54) is 4.57 Å². The van der Waals surface area contributed by atoms with E-state index in [0.717, 1.165) is 11.1 Å². The number of H-pyrrole nitrogens is 1. The summed E-state index contributed by atoms with van der Waals surface area (Å²) in [6, 6.07) is 7.40. The standard InChI is InChI=1S/C16H18N4O2.C6H8.C3H6N2.2C2H6.CH3F/c1-9(2)13-14(20(4)16(22)19-15(13)21)18-12-6-10(3)5-11(7-12)8-17;1-4-6(3)5-2;1-3(4)5-2;3*1-2/h5-7,9,18H,1-4H3,(H,19,21,22);1,5H,2-3H3;1-2,4H2;2*1-2H3;1H3/b;6-5-;;;;. The second-order valence-electron chi connectivity index (χ2n) is 7.33. The monoisotopic (exact) mass is 542 g/mol. The smallest absolute Gasteiger partial charge is 0.329 e. The Morgan fingerprint density at radius 1 is 1.23 bits per heavy atom. The average Bonchev–Trinajstić information content (AvgIpc) is 2.94. The summed E-state index contributed by atoms with van der Waals surface area (Å²) < 4.78 is 10.9. The van der Waals surface area contributed by atoms with Gasteiger partial charge in [0.25, 0.3) is 5.56 Å². The summed E-state index contributed by atoms with van der Waals surface area (Å²) in [6.45, 7) is 23.8. The normalized spacial score (nSPS) is 8.85. The molecule has 1 heterocycles. The van der Waals surface area contributed by atoms with Crippen molar-refractivity contribution in [1.82, 2.24) is 9.55 Å². The average molecular weight is 543 g/mol. The van der Waals surface area contributed by atoms with Crippen LogP contribution in [0.5, 0.6) is 0 Å². The van der Waals surface area contributed by atoms with E-state index in [-0.39, 0.29) is 11.7 Å². The number of rotatable bonds is 4. The summed E-state index contributed by atoms with van der Waals surface area (Å²) >= 11 is 0. The highest BCUT2D eigenvalue weighted by Gasteiger charge is 2.16. The third-order valence-corrected chi connectivity index (χ3v) is 4.27. The van der Waals surface area contributed by atoms with Crippen LogP contribution in [0.15, 0.2) is 56.8 Å². The number of nitrogens with zero attached hydrogens (tertiary/aromatic N) is 3. The van der Waals surface area contributed by atoms with Gasteiger partial charge in [-0.25, -0.2) is 9.79 Å². The molecule has 8 nitrogen and oxygen atoms in total. The number of aryl methyl sites for hydroxylation is 1. The van der Waals surface area contributed by atoms with Gasteiger partial charge in [0.1, 0.15) is 11.6 Å². The van der Waals surface area contributed by atoms with Gasteiger partial charge in [0, 0.05) is 12.7 Å². The molecule has 0 fully saturated rings. The number of aromatic amines is 1. The number of allylic oxidation sites excluding steroid dienone is 2. The number of nitrogens with one attached hydrogen (secondary N) is 2. The van der Waals surface area contributed by atoms with Crippen molar-refractivity contribution in [3.63, 3.8) is 0 Å². The molecule has 2 aromatic rings. The van der Waals surface area contributed by atoms with E-state index in [2.05, 4.69) is 40.6 Å². The topological polar surface area (TPSA) is 129 Å². The number of terminal acetylenes is 1. The van der Waals surface area contributed by atoms with Crippen molar-refractivity contribution in [2.75, 3.05) is 12.5 Å². The van der Waals surface area contributed by atoms with E-state index in [4.69, 9.17) is 17.4 Å². The van der Waals surface area contributed by atoms with Crippen molar-refractivity contribution >= 4 is 18.2 Å². The van der Waals surface area contributed by atoms with Gasteiger partial charge in [-0.1, -0.05) is 60.1 Å². The Morgan fingerprint density at radius 2 is 1.72 bits per heavy atom. The fourth-order valence-electron chi connectivity index (χ4n) is 2.46. The fourth-order valence-corrected chi connectivity index (χ4v) is 2.46. The highest BCUT2D eigenvalue weighted by molar-refractivity contribution is 5.62.